The molecule has 1 N–H and O–H groups in total. The third-order valence-electron chi connectivity index (χ3n) is 5.60. The zero-order chi connectivity index (χ0) is 22.0. The third-order valence-corrected chi connectivity index (χ3v) is 5.60. The summed E-state index contributed by atoms with van der Waals surface area (Å²) < 4.78 is 17.1. The van der Waals surface area contributed by atoms with Crippen molar-refractivity contribution in [2.24, 2.45) is 11.3 Å². The Labute approximate surface area is 182 Å². The first kappa shape index (κ1) is 24.8. The molecule has 0 spiro atoms. The minimum atomic E-state index is -0.568. The summed E-state index contributed by atoms with van der Waals surface area (Å²) in [6, 6.07) is 8.77. The van der Waals surface area contributed by atoms with Crippen molar-refractivity contribution in [2.75, 3.05) is 26.4 Å². The molecule has 0 aliphatic carbocycles. The standard InChI is InChI=1S/C25H40O5/c1-5-6-7-8-9-10-19-11-13-20(14-12-19)22-17-28-23(29-18-22)21(15-26)16-30-24(27)25(2,3)4/h11-14,21-23,26H,5-10,15-18H2,1-4H3. The third kappa shape index (κ3) is 8.01. The number of ether oxygens (including phenoxy) is 3. The number of aryl methyl sites for hydroxylation is 1. The van der Waals surface area contributed by atoms with Gasteiger partial charge in [0.2, 0.25) is 0 Å². The second kappa shape index (κ2) is 12.4. The van der Waals surface area contributed by atoms with Crippen molar-refractivity contribution in [3.63, 3.8) is 0 Å². The highest BCUT2D eigenvalue weighted by Gasteiger charge is 2.32. The number of carbonyl (C=O) groups excluding carboxylic acids is 1. The van der Waals surface area contributed by atoms with Crippen LogP contribution in [0.15, 0.2) is 24.3 Å². The Balaban J connectivity index is 1.76. The SMILES string of the molecule is CCCCCCCc1ccc(C2COC(C(CO)COC(=O)C(C)(C)C)OC2)cc1. The summed E-state index contributed by atoms with van der Waals surface area (Å²) in [7, 11) is 0. The van der Waals surface area contributed by atoms with E-state index in [-0.39, 0.29) is 31.0 Å². The molecule has 0 aromatic heterocycles. The molecule has 0 saturated carbocycles. The predicted octanol–water partition coefficient (Wildman–Crippen LogP) is 4.85. The molecule has 30 heavy (non-hydrogen) atoms. The summed E-state index contributed by atoms with van der Waals surface area (Å²) in [4.78, 5) is 12.0. The first-order valence-electron chi connectivity index (χ1n) is 11.4. The quantitative estimate of drug-likeness (QED) is 0.409. The zero-order valence-electron chi connectivity index (χ0n) is 19.2. The molecule has 0 amide bonds. The van der Waals surface area contributed by atoms with Crippen molar-refractivity contribution in [2.45, 2.75) is 78.4 Å². The molecule has 0 bridgehead atoms. The highest BCUT2D eigenvalue weighted by molar-refractivity contribution is 5.75. The van der Waals surface area contributed by atoms with Crippen LogP contribution in [0.4, 0.5) is 0 Å². The number of esters is 1. The molecule has 1 aliphatic rings. The Kier molecular flexibility index (Phi) is 10.3. The predicted molar refractivity (Wildman–Crippen MR) is 118 cm³/mol. The van der Waals surface area contributed by atoms with Crippen molar-refractivity contribution < 1.29 is 24.1 Å². The van der Waals surface area contributed by atoms with Gasteiger partial charge < -0.3 is 19.3 Å². The zero-order valence-corrected chi connectivity index (χ0v) is 19.2. The lowest BCUT2D eigenvalue weighted by molar-refractivity contribution is -0.225. The molecule has 5 nitrogen and oxygen atoms in total. The van der Waals surface area contributed by atoms with Crippen LogP contribution in [0.5, 0.6) is 0 Å². The van der Waals surface area contributed by atoms with Gasteiger partial charge in [-0.3, -0.25) is 4.79 Å². The van der Waals surface area contributed by atoms with Gasteiger partial charge in [-0.2, -0.15) is 0 Å². The molecule has 5 heteroatoms. The minimum absolute atomic E-state index is 0.0922. The van der Waals surface area contributed by atoms with Gasteiger partial charge in [0.25, 0.3) is 0 Å². The molecule has 170 valence electrons. The van der Waals surface area contributed by atoms with Crippen molar-refractivity contribution in [1.29, 1.82) is 0 Å². The van der Waals surface area contributed by atoms with Gasteiger partial charge in [-0.05, 0) is 44.7 Å². The monoisotopic (exact) mass is 420 g/mol. The van der Waals surface area contributed by atoms with Crippen LogP contribution in [0.25, 0.3) is 0 Å². The minimum Gasteiger partial charge on any atom is -0.465 e. The molecule has 1 saturated heterocycles. The fourth-order valence-electron chi connectivity index (χ4n) is 3.49. The van der Waals surface area contributed by atoms with E-state index in [9.17, 15) is 9.90 Å². The van der Waals surface area contributed by atoms with E-state index in [2.05, 4.69) is 31.2 Å². The maximum atomic E-state index is 12.0. The number of benzene rings is 1. The van der Waals surface area contributed by atoms with E-state index in [0.29, 0.717) is 13.2 Å². The molecular formula is C25H40O5. The van der Waals surface area contributed by atoms with Crippen LogP contribution in [-0.4, -0.2) is 43.8 Å². The highest BCUT2D eigenvalue weighted by atomic mass is 16.7. The summed E-state index contributed by atoms with van der Waals surface area (Å²) in [6.07, 6.45) is 7.07. The van der Waals surface area contributed by atoms with Gasteiger partial charge in [0.05, 0.1) is 31.2 Å². The van der Waals surface area contributed by atoms with Crippen LogP contribution >= 0.6 is 0 Å². The summed E-state index contributed by atoms with van der Waals surface area (Å²) in [5.41, 5.74) is 2.02. The summed E-state index contributed by atoms with van der Waals surface area (Å²) in [5, 5.41) is 9.67. The fraction of sp³-hybridized carbons (Fsp3) is 0.720. The molecule has 1 aromatic rings. The topological polar surface area (TPSA) is 65.0 Å². The lowest BCUT2D eigenvalue weighted by Crippen LogP contribution is -2.40. The summed E-state index contributed by atoms with van der Waals surface area (Å²) in [5.74, 6) is -0.497. The lowest BCUT2D eigenvalue weighted by atomic mass is 9.96. The number of aliphatic hydroxyl groups is 1. The van der Waals surface area contributed by atoms with Crippen molar-refractivity contribution in [3.8, 4) is 0 Å². The van der Waals surface area contributed by atoms with Gasteiger partial charge in [-0.15, -0.1) is 0 Å². The van der Waals surface area contributed by atoms with E-state index < -0.39 is 11.7 Å². The van der Waals surface area contributed by atoms with Crippen LogP contribution in [0.2, 0.25) is 0 Å². The van der Waals surface area contributed by atoms with Gasteiger partial charge >= 0.3 is 5.97 Å². The molecule has 1 heterocycles. The van der Waals surface area contributed by atoms with Gasteiger partial charge in [0.15, 0.2) is 6.29 Å². The van der Waals surface area contributed by atoms with Gasteiger partial charge in [-0.25, -0.2) is 0 Å². The van der Waals surface area contributed by atoms with Crippen LogP contribution in [0.1, 0.15) is 76.8 Å². The lowest BCUT2D eigenvalue weighted by Gasteiger charge is -2.33. The smallest absolute Gasteiger partial charge is 0.311 e. The average molecular weight is 421 g/mol. The molecule has 1 aromatic carbocycles. The number of unbranched alkanes of at least 4 members (excludes halogenated alkanes) is 4. The van der Waals surface area contributed by atoms with Crippen LogP contribution in [-0.2, 0) is 25.4 Å². The fourth-order valence-corrected chi connectivity index (χ4v) is 3.49. The molecule has 1 unspecified atom stereocenters. The Morgan fingerprint density at radius 2 is 1.73 bits per heavy atom. The van der Waals surface area contributed by atoms with Crippen molar-refractivity contribution in [3.05, 3.63) is 35.4 Å². The summed E-state index contributed by atoms with van der Waals surface area (Å²) in [6.45, 7) is 8.66. The second-order valence-electron chi connectivity index (χ2n) is 9.43. The van der Waals surface area contributed by atoms with E-state index in [1.54, 1.807) is 20.8 Å². The van der Waals surface area contributed by atoms with Gasteiger partial charge in [0.1, 0.15) is 6.61 Å². The van der Waals surface area contributed by atoms with Crippen molar-refractivity contribution >= 4 is 5.97 Å². The second-order valence-corrected chi connectivity index (χ2v) is 9.43. The first-order valence-corrected chi connectivity index (χ1v) is 11.4. The molecular weight excluding hydrogens is 380 g/mol. The Bertz CT molecular complexity index is 611. The average Bonchev–Trinajstić information content (AvgIpc) is 2.74. The highest BCUT2D eigenvalue weighted by Crippen LogP contribution is 2.26. The van der Waals surface area contributed by atoms with Gasteiger partial charge in [-0.1, -0.05) is 56.9 Å². The number of hydrogen-bond acceptors (Lipinski definition) is 5. The van der Waals surface area contributed by atoms with E-state index in [1.807, 2.05) is 0 Å². The Morgan fingerprint density at radius 3 is 2.30 bits per heavy atom. The number of aliphatic hydroxyl groups excluding tert-OH is 1. The van der Waals surface area contributed by atoms with E-state index in [0.717, 1.165) is 6.42 Å². The summed E-state index contributed by atoms with van der Waals surface area (Å²) >= 11 is 0. The first-order chi connectivity index (χ1) is 14.3. The normalized spacial score (nSPS) is 20.7. The maximum absolute atomic E-state index is 12.0. The molecule has 1 atom stereocenters. The molecule has 1 fully saturated rings. The van der Waals surface area contributed by atoms with Crippen LogP contribution in [0.3, 0.4) is 0 Å². The largest absolute Gasteiger partial charge is 0.465 e. The Morgan fingerprint density at radius 1 is 1.10 bits per heavy atom. The van der Waals surface area contributed by atoms with Gasteiger partial charge in [0, 0.05) is 5.92 Å². The Hall–Kier alpha value is -1.43. The van der Waals surface area contributed by atoms with Crippen LogP contribution in [0, 0.1) is 11.3 Å². The molecule has 1 aliphatic heterocycles. The number of hydrogen-bond donors (Lipinski definition) is 1. The molecule has 0 radical (unpaired) electrons. The maximum Gasteiger partial charge on any atom is 0.311 e. The molecule has 2 rings (SSSR count). The van der Waals surface area contributed by atoms with E-state index >= 15 is 0 Å². The number of carbonyl (C=O) groups is 1. The van der Waals surface area contributed by atoms with Crippen molar-refractivity contribution in [1.82, 2.24) is 0 Å². The van der Waals surface area contributed by atoms with E-state index in [4.69, 9.17) is 14.2 Å². The number of rotatable bonds is 11. The van der Waals surface area contributed by atoms with E-state index in [1.165, 1.54) is 43.2 Å². The van der Waals surface area contributed by atoms with Crippen LogP contribution < -0.4 is 0 Å².